The van der Waals surface area contributed by atoms with Gasteiger partial charge >= 0.3 is 40.0 Å². The Morgan fingerprint density at radius 3 is 1.25 bits per heavy atom. The summed E-state index contributed by atoms with van der Waals surface area (Å²) >= 11 is 0. The fraction of sp³-hybridized carbons (Fsp3) is 1.00. The average molecular weight is 156 g/mol. The second-order valence-electron chi connectivity index (χ2n) is 0.448. The third-order valence-electron chi connectivity index (χ3n) is 0. The van der Waals surface area contributed by atoms with Crippen molar-refractivity contribution in [2.45, 2.75) is 7.43 Å². The standard InChI is InChI=1S/CH4.Na.H2O4S.H2O.H/c;;1-5(2,3)4;;/h1H4;;(H2,1,2,3,4);1H2;/q;+1;;;-1. The van der Waals surface area contributed by atoms with Crippen LogP contribution in [0.1, 0.15) is 8.85 Å². The van der Waals surface area contributed by atoms with Crippen molar-refractivity contribution in [2.75, 3.05) is 0 Å². The summed E-state index contributed by atoms with van der Waals surface area (Å²) in [5, 5.41) is 0. The van der Waals surface area contributed by atoms with Gasteiger partial charge in [-0.2, -0.15) is 8.42 Å². The van der Waals surface area contributed by atoms with Gasteiger partial charge in [-0.3, -0.25) is 9.11 Å². The third-order valence-corrected chi connectivity index (χ3v) is 0. The Balaban J connectivity index is -0.0000000133. The van der Waals surface area contributed by atoms with Gasteiger partial charge in [0.25, 0.3) is 0 Å². The first-order valence-corrected chi connectivity index (χ1v) is 2.10. The Bertz CT molecular complexity index is 100. The van der Waals surface area contributed by atoms with Gasteiger partial charge in [-0.05, 0) is 0 Å². The number of rotatable bonds is 0. The van der Waals surface area contributed by atoms with E-state index in [0.29, 0.717) is 0 Å². The van der Waals surface area contributed by atoms with Crippen molar-refractivity contribution in [1.82, 2.24) is 0 Å². The minimum absolute atomic E-state index is 0. The molecule has 0 aromatic heterocycles. The molecule has 0 fully saturated rings. The van der Waals surface area contributed by atoms with Crippen LogP contribution in [0.3, 0.4) is 0 Å². The molecular formula is CH9NaO5S. The molecule has 0 aromatic carbocycles. The molecule has 0 saturated carbocycles. The molecule has 50 valence electrons. The van der Waals surface area contributed by atoms with Crippen LogP contribution >= 0.6 is 0 Å². The van der Waals surface area contributed by atoms with E-state index in [0.717, 1.165) is 0 Å². The molecule has 5 nitrogen and oxygen atoms in total. The Hall–Kier alpha value is 0.830. The van der Waals surface area contributed by atoms with Gasteiger partial charge in [-0.25, -0.2) is 0 Å². The van der Waals surface area contributed by atoms with Crippen molar-refractivity contribution < 1.29 is 54.0 Å². The summed E-state index contributed by atoms with van der Waals surface area (Å²) in [6.07, 6.45) is 0. The van der Waals surface area contributed by atoms with Crippen LogP contribution in [0.25, 0.3) is 0 Å². The summed E-state index contributed by atoms with van der Waals surface area (Å²) in [5.41, 5.74) is 0. The maximum absolute atomic E-state index is 8.74. The van der Waals surface area contributed by atoms with Gasteiger partial charge in [-0.1, -0.05) is 7.43 Å². The predicted molar refractivity (Wildman–Crippen MR) is 25.6 cm³/mol. The summed E-state index contributed by atoms with van der Waals surface area (Å²) in [6, 6.07) is 0. The second-order valence-corrected chi connectivity index (χ2v) is 1.34. The van der Waals surface area contributed by atoms with Crippen LogP contribution in [0.15, 0.2) is 0 Å². The van der Waals surface area contributed by atoms with E-state index in [1.807, 2.05) is 0 Å². The van der Waals surface area contributed by atoms with Crippen molar-refractivity contribution in [3.05, 3.63) is 0 Å². The van der Waals surface area contributed by atoms with Gasteiger partial charge in [0.15, 0.2) is 0 Å². The van der Waals surface area contributed by atoms with E-state index in [2.05, 4.69) is 0 Å². The van der Waals surface area contributed by atoms with Crippen LogP contribution in [0.5, 0.6) is 0 Å². The molecule has 0 aromatic rings. The third kappa shape index (κ3) is 337. The first-order valence-electron chi connectivity index (χ1n) is 0.698. The van der Waals surface area contributed by atoms with Gasteiger partial charge in [0.05, 0.1) is 0 Å². The molecule has 0 amide bonds. The fourth-order valence-electron chi connectivity index (χ4n) is 0. The largest absolute Gasteiger partial charge is 1.00 e. The molecule has 0 aliphatic heterocycles. The van der Waals surface area contributed by atoms with Crippen LogP contribution in [0.2, 0.25) is 0 Å². The van der Waals surface area contributed by atoms with Crippen molar-refractivity contribution in [2.24, 2.45) is 0 Å². The molecule has 0 rings (SSSR count). The molecule has 0 radical (unpaired) electrons. The van der Waals surface area contributed by atoms with Crippen LogP contribution in [-0.4, -0.2) is 23.0 Å². The number of hydrogen-bond acceptors (Lipinski definition) is 2. The Morgan fingerprint density at radius 1 is 1.25 bits per heavy atom. The Labute approximate surface area is 71.8 Å². The van der Waals surface area contributed by atoms with Crippen molar-refractivity contribution in [1.29, 1.82) is 0 Å². The minimum Gasteiger partial charge on any atom is -1.00 e. The van der Waals surface area contributed by atoms with Crippen molar-refractivity contribution >= 4 is 10.4 Å². The molecule has 8 heavy (non-hydrogen) atoms. The fourth-order valence-corrected chi connectivity index (χ4v) is 0. The van der Waals surface area contributed by atoms with Crippen LogP contribution in [0.4, 0.5) is 0 Å². The van der Waals surface area contributed by atoms with E-state index >= 15 is 0 Å². The average Bonchev–Trinajstić information content (AvgIpc) is 0.722. The molecule has 7 heteroatoms. The quantitative estimate of drug-likeness (QED) is 0.278. The summed E-state index contributed by atoms with van der Waals surface area (Å²) in [5.74, 6) is 0. The van der Waals surface area contributed by atoms with Crippen LogP contribution in [-0.2, 0) is 10.4 Å². The topological polar surface area (TPSA) is 106 Å². The molecule has 0 saturated heterocycles. The zero-order valence-electron chi connectivity index (χ0n) is 4.62. The molecule has 0 aliphatic carbocycles. The molecule has 0 spiro atoms. The molecule has 0 bridgehead atoms. The van der Waals surface area contributed by atoms with Gasteiger partial charge in [0.2, 0.25) is 0 Å². The zero-order chi connectivity index (χ0) is 4.50. The van der Waals surface area contributed by atoms with Crippen LogP contribution < -0.4 is 29.6 Å². The van der Waals surface area contributed by atoms with Gasteiger partial charge in [-0.15, -0.1) is 0 Å². The zero-order valence-corrected chi connectivity index (χ0v) is 6.44. The SMILES string of the molecule is C.O.O=S(=O)(O)O.[H-].[Na+]. The predicted octanol–water partition coefficient (Wildman–Crippen LogP) is -3.72. The van der Waals surface area contributed by atoms with E-state index in [1.54, 1.807) is 0 Å². The van der Waals surface area contributed by atoms with E-state index < -0.39 is 10.4 Å². The van der Waals surface area contributed by atoms with Crippen LogP contribution in [0, 0.1) is 0 Å². The van der Waals surface area contributed by atoms with Crippen molar-refractivity contribution in [3.8, 4) is 0 Å². The first-order chi connectivity index (χ1) is 2.00. The van der Waals surface area contributed by atoms with E-state index in [4.69, 9.17) is 17.5 Å². The molecule has 0 aliphatic rings. The molecular weight excluding hydrogens is 147 g/mol. The van der Waals surface area contributed by atoms with Gasteiger partial charge in [0.1, 0.15) is 0 Å². The van der Waals surface area contributed by atoms with Gasteiger partial charge < -0.3 is 6.90 Å². The summed E-state index contributed by atoms with van der Waals surface area (Å²) in [7, 11) is -4.67. The van der Waals surface area contributed by atoms with E-state index in [-0.39, 0.29) is 43.9 Å². The normalized spacial score (nSPS) is 7.25. The number of hydrogen-bond donors (Lipinski definition) is 2. The molecule has 0 unspecified atom stereocenters. The second kappa shape index (κ2) is 7.83. The first kappa shape index (κ1) is 23.2. The van der Waals surface area contributed by atoms with E-state index in [9.17, 15) is 0 Å². The monoisotopic (exact) mass is 156 g/mol. The molecule has 0 heterocycles. The maximum Gasteiger partial charge on any atom is 1.00 e. The Morgan fingerprint density at radius 2 is 1.25 bits per heavy atom. The van der Waals surface area contributed by atoms with E-state index in [1.165, 1.54) is 0 Å². The summed E-state index contributed by atoms with van der Waals surface area (Å²) in [4.78, 5) is 0. The van der Waals surface area contributed by atoms with Gasteiger partial charge in [0, 0.05) is 0 Å². The molecule has 0 atom stereocenters. The minimum atomic E-state index is -4.67. The smallest absolute Gasteiger partial charge is 1.00 e. The Kier molecular flexibility index (Phi) is 22.7. The summed E-state index contributed by atoms with van der Waals surface area (Å²) in [6.45, 7) is 0. The summed E-state index contributed by atoms with van der Waals surface area (Å²) < 4.78 is 31.6. The maximum atomic E-state index is 8.74. The molecule has 4 N–H and O–H groups in total. The van der Waals surface area contributed by atoms with Crippen molar-refractivity contribution in [3.63, 3.8) is 0 Å².